The quantitative estimate of drug-likeness (QED) is 0.546. The molecule has 0 saturated heterocycles. The average molecular weight is 400 g/mol. The summed E-state index contributed by atoms with van der Waals surface area (Å²) in [5.41, 5.74) is 6.48. The first-order valence-electron chi connectivity index (χ1n) is 10.3. The van der Waals surface area contributed by atoms with Crippen molar-refractivity contribution in [3.63, 3.8) is 0 Å². The fourth-order valence-corrected chi connectivity index (χ4v) is 3.91. The van der Waals surface area contributed by atoms with E-state index in [1.807, 2.05) is 23.0 Å². The normalized spacial score (nSPS) is 13.6. The molecular weight excluding hydrogens is 376 g/mol. The number of aromatic nitrogens is 5. The Kier molecular flexibility index (Phi) is 4.88. The summed E-state index contributed by atoms with van der Waals surface area (Å²) >= 11 is 0. The van der Waals surface area contributed by atoms with Crippen LogP contribution in [0.2, 0.25) is 0 Å². The van der Waals surface area contributed by atoms with Crippen molar-refractivity contribution in [3.05, 3.63) is 60.0 Å². The van der Waals surface area contributed by atoms with Crippen LogP contribution in [0, 0.1) is 5.92 Å². The van der Waals surface area contributed by atoms with E-state index in [2.05, 4.69) is 52.6 Å². The highest BCUT2D eigenvalue weighted by atomic mass is 16.5. The molecule has 0 atom stereocenters. The Hall–Kier alpha value is -3.32. The van der Waals surface area contributed by atoms with Crippen molar-refractivity contribution < 1.29 is 4.52 Å². The molecule has 0 saturated carbocycles. The van der Waals surface area contributed by atoms with Crippen LogP contribution >= 0.6 is 0 Å². The van der Waals surface area contributed by atoms with Gasteiger partial charge in [0.05, 0.1) is 17.5 Å². The fraction of sp³-hybridized carbons (Fsp3) is 0.304. The lowest BCUT2D eigenvalue weighted by molar-refractivity contribution is 0.432. The number of hydrogen-bond donors (Lipinski definition) is 1. The summed E-state index contributed by atoms with van der Waals surface area (Å²) in [6.45, 7) is 7.05. The maximum Gasteiger partial charge on any atom is 0.262 e. The molecule has 4 aromatic rings. The van der Waals surface area contributed by atoms with Gasteiger partial charge in [0.15, 0.2) is 0 Å². The average Bonchev–Trinajstić information content (AvgIpc) is 3.41. The van der Waals surface area contributed by atoms with Gasteiger partial charge in [0.2, 0.25) is 5.82 Å². The number of benzene rings is 1. The Bertz CT molecular complexity index is 1160. The third kappa shape index (κ3) is 3.52. The Morgan fingerprint density at radius 2 is 1.97 bits per heavy atom. The van der Waals surface area contributed by atoms with Gasteiger partial charge in [-0.1, -0.05) is 31.1 Å². The molecule has 0 radical (unpaired) electrons. The van der Waals surface area contributed by atoms with Gasteiger partial charge in [-0.25, -0.2) is 0 Å². The van der Waals surface area contributed by atoms with E-state index in [4.69, 9.17) is 9.51 Å². The van der Waals surface area contributed by atoms with Crippen molar-refractivity contribution in [2.24, 2.45) is 5.92 Å². The third-order valence-corrected chi connectivity index (χ3v) is 5.34. The lowest BCUT2D eigenvalue weighted by Gasteiger charge is -2.17. The zero-order chi connectivity index (χ0) is 20.5. The largest absolute Gasteiger partial charge is 0.333 e. The maximum absolute atomic E-state index is 5.68. The van der Waals surface area contributed by atoms with Crippen molar-refractivity contribution >= 4 is 0 Å². The molecule has 30 heavy (non-hydrogen) atoms. The number of pyridine rings is 1. The lowest BCUT2D eigenvalue weighted by Crippen LogP contribution is -2.23. The highest BCUT2D eigenvalue weighted by molar-refractivity contribution is 5.77. The fourth-order valence-electron chi connectivity index (χ4n) is 3.91. The summed E-state index contributed by atoms with van der Waals surface area (Å²) in [5, 5.41) is 12.3. The van der Waals surface area contributed by atoms with Gasteiger partial charge in [-0.3, -0.25) is 9.67 Å². The molecule has 0 bridgehead atoms. The van der Waals surface area contributed by atoms with E-state index >= 15 is 0 Å². The molecule has 0 amide bonds. The predicted molar refractivity (Wildman–Crippen MR) is 114 cm³/mol. The molecule has 0 fully saturated rings. The van der Waals surface area contributed by atoms with E-state index in [1.165, 1.54) is 11.1 Å². The second-order valence-electron chi connectivity index (χ2n) is 8.05. The first-order chi connectivity index (χ1) is 14.7. The minimum Gasteiger partial charge on any atom is -0.333 e. The molecular formula is C23H24N6O. The summed E-state index contributed by atoms with van der Waals surface area (Å²) in [5.74, 6) is 1.53. The monoisotopic (exact) mass is 400 g/mol. The molecule has 7 nitrogen and oxygen atoms in total. The minimum atomic E-state index is 0.459. The van der Waals surface area contributed by atoms with Crippen molar-refractivity contribution in [1.29, 1.82) is 0 Å². The molecule has 5 rings (SSSR count). The molecule has 1 aromatic carbocycles. The van der Waals surface area contributed by atoms with Gasteiger partial charge in [0, 0.05) is 36.6 Å². The Morgan fingerprint density at radius 1 is 1.10 bits per heavy atom. The zero-order valence-corrected chi connectivity index (χ0v) is 17.2. The second kappa shape index (κ2) is 7.84. The van der Waals surface area contributed by atoms with Crippen LogP contribution < -0.4 is 5.32 Å². The number of rotatable bonds is 5. The SMILES string of the molecule is CC(C)Cn1ncc(-c2nc(-c3ccc4c(c3)CNCC4)no2)c1-c1ccncc1. The first kappa shape index (κ1) is 18.7. The van der Waals surface area contributed by atoms with E-state index < -0.39 is 0 Å². The molecule has 1 aliphatic rings. The summed E-state index contributed by atoms with van der Waals surface area (Å²) in [6.07, 6.45) is 6.43. The molecule has 0 spiro atoms. The molecule has 4 heterocycles. The summed E-state index contributed by atoms with van der Waals surface area (Å²) in [4.78, 5) is 8.85. The van der Waals surface area contributed by atoms with Gasteiger partial charge in [0.1, 0.15) is 0 Å². The molecule has 3 aromatic heterocycles. The van der Waals surface area contributed by atoms with E-state index in [9.17, 15) is 0 Å². The molecule has 0 unspecified atom stereocenters. The minimum absolute atomic E-state index is 0.459. The molecule has 1 N–H and O–H groups in total. The second-order valence-corrected chi connectivity index (χ2v) is 8.05. The van der Waals surface area contributed by atoms with Gasteiger partial charge < -0.3 is 9.84 Å². The standard InChI is InChI=1S/C23H24N6O/c1-15(2)14-29-21(17-6-8-24-9-7-17)20(13-26-29)23-27-22(28-30-23)18-4-3-16-5-10-25-12-19(16)11-18/h3-4,6-9,11,13,15,25H,5,10,12,14H2,1-2H3. The van der Waals surface area contributed by atoms with Crippen molar-refractivity contribution in [1.82, 2.24) is 30.2 Å². The van der Waals surface area contributed by atoms with Gasteiger partial charge in [-0.15, -0.1) is 0 Å². The van der Waals surface area contributed by atoms with Gasteiger partial charge in [-0.2, -0.15) is 10.1 Å². The first-order valence-corrected chi connectivity index (χ1v) is 10.3. The van der Waals surface area contributed by atoms with Crippen molar-refractivity contribution in [2.45, 2.75) is 33.4 Å². The zero-order valence-electron chi connectivity index (χ0n) is 17.2. The Labute approximate surface area is 175 Å². The Balaban J connectivity index is 1.54. The third-order valence-electron chi connectivity index (χ3n) is 5.34. The lowest BCUT2D eigenvalue weighted by atomic mass is 9.98. The maximum atomic E-state index is 5.68. The van der Waals surface area contributed by atoms with Crippen molar-refractivity contribution in [2.75, 3.05) is 6.54 Å². The Morgan fingerprint density at radius 3 is 2.80 bits per heavy atom. The highest BCUT2D eigenvalue weighted by Crippen LogP contribution is 2.33. The van der Waals surface area contributed by atoms with Crippen LogP contribution in [-0.4, -0.2) is 31.4 Å². The van der Waals surface area contributed by atoms with Crippen LogP contribution in [-0.2, 0) is 19.5 Å². The summed E-state index contributed by atoms with van der Waals surface area (Å²) in [6, 6.07) is 10.4. The molecule has 0 aliphatic carbocycles. The van der Waals surface area contributed by atoms with E-state index in [0.29, 0.717) is 17.6 Å². The van der Waals surface area contributed by atoms with E-state index in [0.717, 1.165) is 48.4 Å². The van der Waals surface area contributed by atoms with Crippen LogP contribution in [0.25, 0.3) is 34.1 Å². The highest BCUT2D eigenvalue weighted by Gasteiger charge is 2.21. The van der Waals surface area contributed by atoms with Crippen LogP contribution in [0.3, 0.4) is 0 Å². The van der Waals surface area contributed by atoms with Crippen LogP contribution in [0.15, 0.2) is 53.4 Å². The number of nitrogens with zero attached hydrogens (tertiary/aromatic N) is 5. The van der Waals surface area contributed by atoms with E-state index in [1.54, 1.807) is 12.4 Å². The van der Waals surface area contributed by atoms with Gasteiger partial charge >= 0.3 is 0 Å². The van der Waals surface area contributed by atoms with Crippen molar-refractivity contribution in [3.8, 4) is 34.1 Å². The van der Waals surface area contributed by atoms with Crippen LogP contribution in [0.1, 0.15) is 25.0 Å². The smallest absolute Gasteiger partial charge is 0.262 e. The summed E-state index contributed by atoms with van der Waals surface area (Å²) in [7, 11) is 0. The number of nitrogens with one attached hydrogen (secondary N) is 1. The molecule has 152 valence electrons. The number of hydrogen-bond acceptors (Lipinski definition) is 6. The van der Waals surface area contributed by atoms with Crippen LogP contribution in [0.5, 0.6) is 0 Å². The summed E-state index contributed by atoms with van der Waals surface area (Å²) < 4.78 is 7.69. The van der Waals surface area contributed by atoms with Gasteiger partial charge in [-0.05, 0) is 48.2 Å². The molecule has 1 aliphatic heterocycles. The van der Waals surface area contributed by atoms with Crippen LogP contribution in [0.4, 0.5) is 0 Å². The van der Waals surface area contributed by atoms with Gasteiger partial charge in [0.25, 0.3) is 5.89 Å². The predicted octanol–water partition coefficient (Wildman–Crippen LogP) is 3.96. The topological polar surface area (TPSA) is 81.7 Å². The number of fused-ring (bicyclic) bond motifs is 1. The molecule has 7 heteroatoms. The van der Waals surface area contributed by atoms with E-state index in [-0.39, 0.29) is 0 Å².